The molecule has 3 heteroatoms. The van der Waals surface area contributed by atoms with Crippen LogP contribution in [0.25, 0.3) is 0 Å². The molecule has 0 radical (unpaired) electrons. The minimum atomic E-state index is -0.613. The molecule has 118 valence electrons. The molecule has 20 heavy (non-hydrogen) atoms. The smallest absolute Gasteiger partial charge is 0.308 e. The molecule has 0 heterocycles. The predicted octanol–water partition coefficient (Wildman–Crippen LogP) is 4.02. The van der Waals surface area contributed by atoms with Gasteiger partial charge in [-0.25, -0.2) is 0 Å². The van der Waals surface area contributed by atoms with Crippen LogP contribution in [-0.4, -0.2) is 35.1 Å². The highest BCUT2D eigenvalue weighted by molar-refractivity contribution is 5.71. The maximum absolute atomic E-state index is 11.6. The van der Waals surface area contributed by atoms with Crippen LogP contribution in [0.2, 0.25) is 0 Å². The lowest BCUT2D eigenvalue weighted by molar-refractivity contribution is -0.147. The van der Waals surface area contributed by atoms with Crippen molar-refractivity contribution < 1.29 is 9.90 Å². The maximum atomic E-state index is 11.6. The van der Waals surface area contributed by atoms with Crippen LogP contribution in [0.4, 0.5) is 0 Å². The minimum Gasteiger partial charge on any atom is -0.481 e. The van der Waals surface area contributed by atoms with Gasteiger partial charge in [-0.15, -0.1) is 0 Å². The lowest BCUT2D eigenvalue weighted by Crippen LogP contribution is -2.52. The Bertz CT molecular complexity index is 321. The van der Waals surface area contributed by atoms with Gasteiger partial charge in [0.25, 0.3) is 0 Å². The fraction of sp³-hybridized carbons (Fsp3) is 0.941. The number of rotatable bonds is 5. The van der Waals surface area contributed by atoms with Crippen LogP contribution in [0.5, 0.6) is 0 Å². The molecule has 4 unspecified atom stereocenters. The molecule has 3 nitrogen and oxygen atoms in total. The van der Waals surface area contributed by atoms with E-state index in [1.807, 2.05) is 0 Å². The molecule has 0 aliphatic heterocycles. The highest BCUT2D eigenvalue weighted by Gasteiger charge is 2.40. The number of hydrogen-bond acceptors (Lipinski definition) is 2. The Morgan fingerprint density at radius 1 is 1.35 bits per heavy atom. The molecule has 1 N–H and O–H groups in total. The van der Waals surface area contributed by atoms with E-state index >= 15 is 0 Å². The summed E-state index contributed by atoms with van der Waals surface area (Å²) < 4.78 is 0. The summed E-state index contributed by atoms with van der Waals surface area (Å²) in [6.07, 6.45) is 5.40. The Kier molecular flexibility index (Phi) is 6.06. The van der Waals surface area contributed by atoms with Crippen LogP contribution in [0.3, 0.4) is 0 Å². The monoisotopic (exact) mass is 283 g/mol. The first-order valence-electron chi connectivity index (χ1n) is 8.13. The molecule has 1 saturated carbocycles. The molecule has 4 atom stereocenters. The zero-order valence-electron chi connectivity index (χ0n) is 14.1. The van der Waals surface area contributed by atoms with Gasteiger partial charge in [-0.3, -0.25) is 9.69 Å². The van der Waals surface area contributed by atoms with Crippen molar-refractivity contribution in [2.45, 2.75) is 78.8 Å². The first-order valence-corrected chi connectivity index (χ1v) is 8.13. The molecule has 0 aromatic rings. The van der Waals surface area contributed by atoms with Gasteiger partial charge in [0.1, 0.15) is 0 Å². The van der Waals surface area contributed by atoms with Gasteiger partial charge >= 0.3 is 5.97 Å². The Morgan fingerprint density at radius 3 is 2.40 bits per heavy atom. The van der Waals surface area contributed by atoms with Crippen LogP contribution < -0.4 is 0 Å². The van der Waals surface area contributed by atoms with E-state index in [0.717, 1.165) is 19.3 Å². The number of nitrogens with zero attached hydrogens (tertiary/aromatic N) is 1. The van der Waals surface area contributed by atoms with E-state index in [9.17, 15) is 9.90 Å². The molecule has 0 amide bonds. The number of carbonyl (C=O) groups is 1. The molecule has 1 aliphatic rings. The summed E-state index contributed by atoms with van der Waals surface area (Å²) in [6.45, 7) is 11.1. The number of hydrogen-bond donors (Lipinski definition) is 1. The SMILES string of the molecule is CCCC1CCC(C(=O)O)C(N(C)C(C)C(C)(C)C)C1. The second kappa shape index (κ2) is 6.93. The van der Waals surface area contributed by atoms with Crippen LogP contribution in [-0.2, 0) is 4.79 Å². The summed E-state index contributed by atoms with van der Waals surface area (Å²) in [5.41, 5.74) is 0.176. The van der Waals surface area contributed by atoms with E-state index in [1.54, 1.807) is 0 Å². The van der Waals surface area contributed by atoms with Crippen LogP contribution in [0.1, 0.15) is 66.7 Å². The van der Waals surface area contributed by atoms with E-state index in [1.165, 1.54) is 12.8 Å². The molecule has 0 aromatic carbocycles. The Labute approximate surface area is 124 Å². The summed E-state index contributed by atoms with van der Waals surface area (Å²) in [7, 11) is 2.12. The molecule has 0 aromatic heterocycles. The van der Waals surface area contributed by atoms with Crippen molar-refractivity contribution in [2.75, 3.05) is 7.05 Å². The quantitative estimate of drug-likeness (QED) is 0.828. The van der Waals surface area contributed by atoms with Crippen molar-refractivity contribution in [3.05, 3.63) is 0 Å². The van der Waals surface area contributed by atoms with Crippen molar-refractivity contribution in [1.29, 1.82) is 0 Å². The van der Waals surface area contributed by atoms with E-state index in [-0.39, 0.29) is 17.4 Å². The first-order chi connectivity index (χ1) is 9.18. The molecule has 1 aliphatic carbocycles. The summed E-state index contributed by atoms with van der Waals surface area (Å²) in [6, 6.07) is 0.571. The van der Waals surface area contributed by atoms with Crippen LogP contribution in [0.15, 0.2) is 0 Å². The third kappa shape index (κ3) is 4.21. The number of aliphatic carboxylic acids is 1. The summed E-state index contributed by atoms with van der Waals surface area (Å²) >= 11 is 0. The largest absolute Gasteiger partial charge is 0.481 e. The Hall–Kier alpha value is -0.570. The van der Waals surface area contributed by atoms with Crippen LogP contribution >= 0.6 is 0 Å². The topological polar surface area (TPSA) is 40.5 Å². The van der Waals surface area contributed by atoms with Crippen molar-refractivity contribution in [3.8, 4) is 0 Å². The molecule has 0 spiro atoms. The summed E-state index contributed by atoms with van der Waals surface area (Å²) in [5, 5.41) is 9.53. The molecular weight excluding hydrogens is 250 g/mol. The van der Waals surface area contributed by atoms with E-state index in [2.05, 4.69) is 46.6 Å². The van der Waals surface area contributed by atoms with Gasteiger partial charge in [0.15, 0.2) is 0 Å². The Balaban J connectivity index is 2.85. The summed E-state index contributed by atoms with van der Waals surface area (Å²) in [5.74, 6) is -0.106. The van der Waals surface area contributed by atoms with Crippen molar-refractivity contribution in [3.63, 3.8) is 0 Å². The second-order valence-corrected chi connectivity index (χ2v) is 7.69. The lowest BCUT2D eigenvalue weighted by atomic mass is 9.74. The molecule has 0 bridgehead atoms. The maximum Gasteiger partial charge on any atom is 0.308 e. The molecule has 0 saturated heterocycles. The number of carboxylic acids is 1. The van der Waals surface area contributed by atoms with Gasteiger partial charge in [-0.1, -0.05) is 40.5 Å². The Morgan fingerprint density at radius 2 is 1.95 bits per heavy atom. The van der Waals surface area contributed by atoms with E-state index in [4.69, 9.17) is 0 Å². The fourth-order valence-electron chi connectivity index (χ4n) is 3.54. The fourth-order valence-corrected chi connectivity index (χ4v) is 3.54. The minimum absolute atomic E-state index is 0.176. The number of carboxylic acid groups (broad SMARTS) is 1. The highest BCUT2D eigenvalue weighted by atomic mass is 16.4. The van der Waals surface area contributed by atoms with E-state index < -0.39 is 5.97 Å². The predicted molar refractivity (Wildman–Crippen MR) is 83.8 cm³/mol. The zero-order chi connectivity index (χ0) is 15.5. The van der Waals surface area contributed by atoms with Crippen molar-refractivity contribution in [2.24, 2.45) is 17.3 Å². The van der Waals surface area contributed by atoms with Crippen molar-refractivity contribution in [1.82, 2.24) is 4.90 Å². The average Bonchev–Trinajstić information content (AvgIpc) is 2.36. The third-order valence-electron chi connectivity index (χ3n) is 5.33. The third-order valence-corrected chi connectivity index (χ3v) is 5.33. The normalized spacial score (nSPS) is 29.4. The van der Waals surface area contributed by atoms with Gasteiger partial charge in [-0.05, 0) is 44.6 Å². The molecule has 1 rings (SSSR count). The van der Waals surface area contributed by atoms with Gasteiger partial charge in [-0.2, -0.15) is 0 Å². The van der Waals surface area contributed by atoms with Gasteiger partial charge in [0.2, 0.25) is 0 Å². The lowest BCUT2D eigenvalue weighted by Gasteiger charge is -2.45. The van der Waals surface area contributed by atoms with Gasteiger partial charge in [0.05, 0.1) is 5.92 Å². The van der Waals surface area contributed by atoms with E-state index in [0.29, 0.717) is 12.0 Å². The van der Waals surface area contributed by atoms with Crippen molar-refractivity contribution >= 4 is 5.97 Å². The highest BCUT2D eigenvalue weighted by Crippen LogP contribution is 2.37. The standard InChI is InChI=1S/C17H33NO2/c1-7-8-13-9-10-14(16(19)20)15(11-13)18(6)12(2)17(3,4)5/h12-15H,7-11H2,1-6H3,(H,19,20). The van der Waals surface area contributed by atoms with Crippen LogP contribution in [0, 0.1) is 17.3 Å². The second-order valence-electron chi connectivity index (χ2n) is 7.69. The average molecular weight is 283 g/mol. The molecule has 1 fully saturated rings. The summed E-state index contributed by atoms with van der Waals surface area (Å²) in [4.78, 5) is 13.9. The first kappa shape index (κ1) is 17.5. The zero-order valence-corrected chi connectivity index (χ0v) is 14.1. The van der Waals surface area contributed by atoms with Gasteiger partial charge in [0, 0.05) is 12.1 Å². The van der Waals surface area contributed by atoms with Gasteiger partial charge < -0.3 is 5.11 Å². The molecular formula is C17H33NO2.